The third-order valence-corrected chi connectivity index (χ3v) is 5.02. The smallest absolute Gasteiger partial charge is 0.220 e. The maximum Gasteiger partial charge on any atom is 0.220 e. The molecule has 0 spiro atoms. The second-order valence-corrected chi connectivity index (χ2v) is 6.68. The summed E-state index contributed by atoms with van der Waals surface area (Å²) in [7, 11) is 0. The molecule has 3 heteroatoms. The van der Waals surface area contributed by atoms with Crippen molar-refractivity contribution in [2.24, 2.45) is 5.92 Å². The number of benzene rings is 1. The van der Waals surface area contributed by atoms with Crippen molar-refractivity contribution in [3.63, 3.8) is 0 Å². The van der Waals surface area contributed by atoms with E-state index in [1.807, 2.05) is 6.07 Å². The molecule has 0 heterocycles. The number of rotatable bonds is 3. The maximum atomic E-state index is 12.3. The highest BCUT2D eigenvalue weighted by Crippen LogP contribution is 2.32. The molecule has 0 saturated heterocycles. The molecule has 1 aromatic carbocycles. The summed E-state index contributed by atoms with van der Waals surface area (Å²) in [5, 5.41) is 3.26. The largest absolute Gasteiger partial charge is 0.399 e. The molecule has 21 heavy (non-hydrogen) atoms. The highest BCUT2D eigenvalue weighted by atomic mass is 16.1. The summed E-state index contributed by atoms with van der Waals surface area (Å²) in [5.74, 6) is 0.838. The molecule has 1 unspecified atom stereocenters. The lowest BCUT2D eigenvalue weighted by atomic mass is 9.85. The van der Waals surface area contributed by atoms with Crippen molar-refractivity contribution in [2.75, 3.05) is 5.73 Å². The van der Waals surface area contributed by atoms with Gasteiger partial charge in [0, 0.05) is 12.1 Å². The first kappa shape index (κ1) is 14.4. The maximum absolute atomic E-state index is 12.3. The zero-order valence-corrected chi connectivity index (χ0v) is 12.7. The van der Waals surface area contributed by atoms with E-state index in [0.29, 0.717) is 12.3 Å². The molecular weight excluding hydrogens is 260 g/mol. The summed E-state index contributed by atoms with van der Waals surface area (Å²) < 4.78 is 0. The first-order chi connectivity index (χ1) is 10.2. The third-order valence-electron chi connectivity index (χ3n) is 5.02. The lowest BCUT2D eigenvalue weighted by Gasteiger charge is -2.28. The molecule has 1 aromatic rings. The predicted molar refractivity (Wildman–Crippen MR) is 85.9 cm³/mol. The van der Waals surface area contributed by atoms with Crippen LogP contribution in [0.25, 0.3) is 0 Å². The standard InChI is InChI=1S/C18H26N2O/c19-15-9-10-16-14(12-15)7-4-8-17(16)20-18(21)11-13-5-2-1-3-6-13/h9-10,12-13,17H,1-8,11,19H2,(H,20,21). The quantitative estimate of drug-likeness (QED) is 0.832. The molecule has 3 N–H and O–H groups in total. The number of nitrogen functional groups attached to an aromatic ring is 1. The monoisotopic (exact) mass is 286 g/mol. The SMILES string of the molecule is Nc1ccc2c(c1)CCCC2NC(=O)CC1CCCCC1. The fraction of sp³-hybridized carbons (Fsp3) is 0.611. The number of carbonyl (C=O) groups excluding carboxylic acids is 1. The van der Waals surface area contributed by atoms with Crippen LogP contribution in [0.1, 0.15) is 68.5 Å². The van der Waals surface area contributed by atoms with Gasteiger partial charge in [0.25, 0.3) is 0 Å². The fourth-order valence-electron chi connectivity index (χ4n) is 3.89. The number of carbonyl (C=O) groups is 1. The van der Waals surface area contributed by atoms with Gasteiger partial charge in [0.2, 0.25) is 5.91 Å². The number of nitrogens with two attached hydrogens (primary N) is 1. The van der Waals surface area contributed by atoms with Gasteiger partial charge >= 0.3 is 0 Å². The van der Waals surface area contributed by atoms with E-state index in [0.717, 1.165) is 24.9 Å². The van der Waals surface area contributed by atoms with Crippen LogP contribution in [0, 0.1) is 5.92 Å². The Hall–Kier alpha value is -1.51. The number of anilines is 1. The van der Waals surface area contributed by atoms with Crippen molar-refractivity contribution in [2.45, 2.75) is 63.8 Å². The van der Waals surface area contributed by atoms with Crippen LogP contribution in [0.15, 0.2) is 18.2 Å². The highest BCUT2D eigenvalue weighted by Gasteiger charge is 2.23. The van der Waals surface area contributed by atoms with E-state index in [1.54, 1.807) is 0 Å². The Kier molecular flexibility index (Phi) is 4.47. The van der Waals surface area contributed by atoms with Gasteiger partial charge < -0.3 is 11.1 Å². The second kappa shape index (κ2) is 6.50. The normalized spacial score (nSPS) is 22.6. The van der Waals surface area contributed by atoms with E-state index in [9.17, 15) is 4.79 Å². The summed E-state index contributed by atoms with van der Waals surface area (Å²) in [6.07, 6.45) is 10.4. The van der Waals surface area contributed by atoms with Crippen LogP contribution in [0.2, 0.25) is 0 Å². The Morgan fingerprint density at radius 1 is 1.14 bits per heavy atom. The van der Waals surface area contributed by atoms with Gasteiger partial charge in [-0.1, -0.05) is 25.3 Å². The van der Waals surface area contributed by atoms with Crippen molar-refractivity contribution < 1.29 is 4.79 Å². The van der Waals surface area contributed by atoms with Crippen molar-refractivity contribution in [1.82, 2.24) is 5.32 Å². The van der Waals surface area contributed by atoms with Gasteiger partial charge in [-0.2, -0.15) is 0 Å². The summed E-state index contributed by atoms with van der Waals surface area (Å²) in [4.78, 5) is 12.3. The summed E-state index contributed by atoms with van der Waals surface area (Å²) in [6.45, 7) is 0. The van der Waals surface area contributed by atoms with Crippen molar-refractivity contribution in [1.29, 1.82) is 0 Å². The topological polar surface area (TPSA) is 55.1 Å². The predicted octanol–water partition coefficient (Wildman–Crippen LogP) is 3.73. The second-order valence-electron chi connectivity index (χ2n) is 6.68. The van der Waals surface area contributed by atoms with Crippen molar-refractivity contribution >= 4 is 11.6 Å². The van der Waals surface area contributed by atoms with Gasteiger partial charge in [-0.05, 0) is 61.3 Å². The number of aryl methyl sites for hydroxylation is 1. The van der Waals surface area contributed by atoms with E-state index in [-0.39, 0.29) is 11.9 Å². The van der Waals surface area contributed by atoms with Gasteiger partial charge in [0.1, 0.15) is 0 Å². The van der Waals surface area contributed by atoms with E-state index in [2.05, 4.69) is 17.4 Å². The first-order valence-corrected chi connectivity index (χ1v) is 8.40. The minimum absolute atomic E-state index is 0.186. The molecule has 0 radical (unpaired) electrons. The lowest BCUT2D eigenvalue weighted by molar-refractivity contribution is -0.123. The average molecular weight is 286 g/mol. The Labute approximate surface area is 127 Å². The van der Waals surface area contributed by atoms with Crippen LogP contribution < -0.4 is 11.1 Å². The molecule has 1 atom stereocenters. The van der Waals surface area contributed by atoms with Crippen LogP contribution in [0.3, 0.4) is 0 Å². The molecule has 0 aromatic heterocycles. The van der Waals surface area contributed by atoms with Crippen LogP contribution in [0.4, 0.5) is 5.69 Å². The van der Waals surface area contributed by atoms with Crippen LogP contribution in [0.5, 0.6) is 0 Å². The minimum Gasteiger partial charge on any atom is -0.399 e. The average Bonchev–Trinajstić information content (AvgIpc) is 2.48. The Balaban J connectivity index is 1.61. The van der Waals surface area contributed by atoms with Gasteiger partial charge in [-0.25, -0.2) is 0 Å². The first-order valence-electron chi connectivity index (χ1n) is 8.40. The van der Waals surface area contributed by atoms with Gasteiger partial charge in [-0.3, -0.25) is 4.79 Å². The Bertz CT molecular complexity index is 506. The van der Waals surface area contributed by atoms with Crippen molar-refractivity contribution in [3.05, 3.63) is 29.3 Å². The van der Waals surface area contributed by atoms with E-state index < -0.39 is 0 Å². The lowest BCUT2D eigenvalue weighted by Crippen LogP contribution is -2.32. The molecule has 1 fully saturated rings. The molecule has 0 aliphatic heterocycles. The zero-order chi connectivity index (χ0) is 14.7. The minimum atomic E-state index is 0.186. The van der Waals surface area contributed by atoms with E-state index >= 15 is 0 Å². The number of fused-ring (bicyclic) bond motifs is 1. The van der Waals surface area contributed by atoms with Gasteiger partial charge in [0.15, 0.2) is 0 Å². The summed E-state index contributed by atoms with van der Waals surface area (Å²) in [5.41, 5.74) is 9.27. The molecule has 114 valence electrons. The third kappa shape index (κ3) is 3.58. The van der Waals surface area contributed by atoms with Gasteiger partial charge in [0.05, 0.1) is 6.04 Å². The Morgan fingerprint density at radius 2 is 1.95 bits per heavy atom. The van der Waals surface area contributed by atoms with Crippen LogP contribution >= 0.6 is 0 Å². The molecule has 1 saturated carbocycles. The number of nitrogens with one attached hydrogen (secondary N) is 1. The summed E-state index contributed by atoms with van der Waals surface area (Å²) >= 11 is 0. The van der Waals surface area contributed by atoms with Crippen LogP contribution in [-0.4, -0.2) is 5.91 Å². The highest BCUT2D eigenvalue weighted by molar-refractivity contribution is 5.76. The molecule has 3 rings (SSSR count). The van der Waals surface area contributed by atoms with Crippen molar-refractivity contribution in [3.8, 4) is 0 Å². The molecular formula is C18H26N2O. The Morgan fingerprint density at radius 3 is 2.76 bits per heavy atom. The number of hydrogen-bond acceptors (Lipinski definition) is 2. The van der Waals surface area contributed by atoms with E-state index in [1.165, 1.54) is 43.2 Å². The van der Waals surface area contributed by atoms with E-state index in [4.69, 9.17) is 5.73 Å². The molecule has 3 nitrogen and oxygen atoms in total. The molecule has 2 aliphatic carbocycles. The summed E-state index contributed by atoms with van der Waals surface area (Å²) in [6, 6.07) is 6.29. The molecule has 0 bridgehead atoms. The zero-order valence-electron chi connectivity index (χ0n) is 12.7. The molecule has 1 amide bonds. The molecule has 2 aliphatic rings. The fourth-order valence-corrected chi connectivity index (χ4v) is 3.89. The number of hydrogen-bond donors (Lipinski definition) is 2. The van der Waals surface area contributed by atoms with Gasteiger partial charge in [-0.15, -0.1) is 0 Å². The van der Waals surface area contributed by atoms with Crippen LogP contribution in [-0.2, 0) is 11.2 Å². The number of amides is 1.